The Bertz CT molecular complexity index is 944. The minimum absolute atomic E-state index is 0.124. The summed E-state index contributed by atoms with van der Waals surface area (Å²) < 4.78 is 39.7. The van der Waals surface area contributed by atoms with Crippen LogP contribution in [0.5, 0.6) is 0 Å². The number of nitrogens with one attached hydrogen (secondary N) is 1. The zero-order valence-corrected chi connectivity index (χ0v) is 16.2. The molecular weight excluding hydrogens is 373 g/mol. The smallest absolute Gasteiger partial charge is 0.293 e. The summed E-state index contributed by atoms with van der Waals surface area (Å²) in [6.45, 7) is 5.83. The number of hydrogen-bond acceptors (Lipinski definition) is 5. The number of benzene rings is 2. The summed E-state index contributed by atoms with van der Waals surface area (Å²) in [6, 6.07) is 8.35. The highest BCUT2D eigenvalue weighted by molar-refractivity contribution is 7.89. The predicted molar refractivity (Wildman–Crippen MR) is 102 cm³/mol. The van der Waals surface area contributed by atoms with Crippen molar-refractivity contribution in [3.63, 3.8) is 0 Å². The van der Waals surface area contributed by atoms with Crippen LogP contribution >= 0.6 is 0 Å². The fourth-order valence-electron chi connectivity index (χ4n) is 2.70. The second kappa shape index (κ2) is 8.45. The highest BCUT2D eigenvalue weighted by atomic mass is 32.2. The molecular formula is C18H22FN3O4S. The maximum atomic E-state index is 13.3. The van der Waals surface area contributed by atoms with Gasteiger partial charge in [0.2, 0.25) is 10.0 Å². The van der Waals surface area contributed by atoms with E-state index in [1.165, 1.54) is 22.5 Å². The van der Waals surface area contributed by atoms with E-state index in [4.69, 9.17) is 0 Å². The van der Waals surface area contributed by atoms with Crippen LogP contribution < -0.4 is 5.32 Å². The van der Waals surface area contributed by atoms with Gasteiger partial charge in [-0.1, -0.05) is 26.0 Å². The first-order valence-electron chi connectivity index (χ1n) is 8.48. The molecule has 2 aromatic carbocycles. The molecule has 0 saturated carbocycles. The van der Waals surface area contributed by atoms with E-state index in [0.717, 1.165) is 11.6 Å². The van der Waals surface area contributed by atoms with E-state index in [1.54, 1.807) is 32.9 Å². The van der Waals surface area contributed by atoms with Gasteiger partial charge in [-0.3, -0.25) is 10.1 Å². The summed E-state index contributed by atoms with van der Waals surface area (Å²) in [5, 5.41) is 14.3. The summed E-state index contributed by atoms with van der Waals surface area (Å²) in [6.07, 6.45) is 0. The molecule has 0 unspecified atom stereocenters. The minimum atomic E-state index is -3.79. The molecule has 0 bridgehead atoms. The first kappa shape index (κ1) is 20.8. The lowest BCUT2D eigenvalue weighted by Gasteiger charge is -2.18. The van der Waals surface area contributed by atoms with E-state index >= 15 is 0 Å². The first-order valence-corrected chi connectivity index (χ1v) is 9.92. The highest BCUT2D eigenvalue weighted by Crippen LogP contribution is 2.29. The number of rotatable bonds is 8. The number of hydrogen-bond donors (Lipinski definition) is 1. The summed E-state index contributed by atoms with van der Waals surface area (Å²) in [5.41, 5.74) is 1.09. The molecule has 0 aliphatic carbocycles. The summed E-state index contributed by atoms with van der Waals surface area (Å²) in [4.78, 5) is 10.7. The largest absolute Gasteiger partial charge is 0.375 e. The SMILES string of the molecule is CCN(CC)S(=O)(=O)c1ccc(NCc2ccc(F)c(C)c2)c([N+](=O)[O-])c1. The summed E-state index contributed by atoms with van der Waals surface area (Å²) in [5.74, 6) is -0.323. The Hall–Kier alpha value is -2.52. The molecule has 146 valence electrons. The van der Waals surface area contributed by atoms with E-state index in [1.807, 2.05) is 0 Å². The zero-order chi connectivity index (χ0) is 20.2. The number of anilines is 1. The molecule has 0 aliphatic rings. The highest BCUT2D eigenvalue weighted by Gasteiger charge is 2.25. The Labute approximate surface area is 158 Å². The van der Waals surface area contributed by atoms with Gasteiger partial charge in [-0.15, -0.1) is 0 Å². The van der Waals surface area contributed by atoms with Gasteiger partial charge < -0.3 is 5.32 Å². The van der Waals surface area contributed by atoms with E-state index in [9.17, 15) is 22.9 Å². The van der Waals surface area contributed by atoms with Crippen LogP contribution in [0.2, 0.25) is 0 Å². The molecule has 0 atom stereocenters. The standard InChI is InChI=1S/C18H22FN3O4S/c1-4-21(5-2)27(25,26)15-7-9-17(18(11-15)22(23)24)20-12-14-6-8-16(19)13(3)10-14/h6-11,20H,4-5,12H2,1-3H3. The van der Waals surface area contributed by atoms with Crippen molar-refractivity contribution >= 4 is 21.4 Å². The van der Waals surface area contributed by atoms with Crippen molar-refractivity contribution in [1.29, 1.82) is 0 Å². The van der Waals surface area contributed by atoms with E-state index < -0.39 is 14.9 Å². The number of nitrogens with zero attached hydrogens (tertiary/aromatic N) is 2. The molecule has 0 fully saturated rings. The van der Waals surface area contributed by atoms with Crippen molar-refractivity contribution in [2.75, 3.05) is 18.4 Å². The van der Waals surface area contributed by atoms with Crippen molar-refractivity contribution in [2.24, 2.45) is 0 Å². The van der Waals surface area contributed by atoms with Crippen LogP contribution in [0.1, 0.15) is 25.0 Å². The topological polar surface area (TPSA) is 92.6 Å². The van der Waals surface area contributed by atoms with Crippen LogP contribution in [0.15, 0.2) is 41.3 Å². The van der Waals surface area contributed by atoms with Crippen molar-refractivity contribution in [1.82, 2.24) is 4.31 Å². The zero-order valence-electron chi connectivity index (χ0n) is 15.4. The van der Waals surface area contributed by atoms with Gasteiger partial charge >= 0.3 is 0 Å². The van der Waals surface area contributed by atoms with E-state index in [-0.39, 0.29) is 41.7 Å². The Balaban J connectivity index is 2.33. The molecule has 0 amide bonds. The van der Waals surface area contributed by atoms with Gasteiger partial charge in [0.05, 0.1) is 9.82 Å². The molecule has 1 N–H and O–H groups in total. The van der Waals surface area contributed by atoms with Gasteiger partial charge in [0.1, 0.15) is 11.5 Å². The van der Waals surface area contributed by atoms with Crippen LogP contribution in [0.4, 0.5) is 15.8 Å². The van der Waals surface area contributed by atoms with Crippen LogP contribution in [-0.2, 0) is 16.6 Å². The molecule has 2 aromatic rings. The molecule has 9 heteroatoms. The van der Waals surface area contributed by atoms with Crippen molar-refractivity contribution in [3.05, 3.63) is 63.5 Å². The lowest BCUT2D eigenvalue weighted by Crippen LogP contribution is -2.30. The van der Waals surface area contributed by atoms with Crippen molar-refractivity contribution in [3.8, 4) is 0 Å². The van der Waals surface area contributed by atoms with Crippen molar-refractivity contribution < 1.29 is 17.7 Å². The minimum Gasteiger partial charge on any atom is -0.375 e. The normalized spacial score (nSPS) is 11.6. The van der Waals surface area contributed by atoms with Gasteiger partial charge in [-0.25, -0.2) is 12.8 Å². The van der Waals surface area contributed by atoms with Gasteiger partial charge in [0, 0.05) is 25.7 Å². The second-order valence-electron chi connectivity index (χ2n) is 5.96. The molecule has 2 rings (SSSR count). The van der Waals surface area contributed by atoms with Crippen LogP contribution in [0, 0.1) is 22.9 Å². The lowest BCUT2D eigenvalue weighted by molar-refractivity contribution is -0.384. The first-order chi connectivity index (χ1) is 12.7. The Kier molecular flexibility index (Phi) is 6.50. The maximum absolute atomic E-state index is 13.3. The van der Waals surface area contributed by atoms with Gasteiger partial charge in [-0.2, -0.15) is 4.31 Å². The Morgan fingerprint density at radius 3 is 2.37 bits per heavy atom. The molecule has 0 heterocycles. The number of nitro groups is 1. The molecule has 0 aromatic heterocycles. The quantitative estimate of drug-likeness (QED) is 0.544. The average molecular weight is 395 g/mol. The number of sulfonamides is 1. The Morgan fingerprint density at radius 1 is 1.15 bits per heavy atom. The van der Waals surface area contributed by atoms with Crippen LogP contribution in [-0.4, -0.2) is 30.7 Å². The number of nitro benzene ring substituents is 1. The van der Waals surface area contributed by atoms with E-state index in [2.05, 4.69) is 5.32 Å². The molecule has 7 nitrogen and oxygen atoms in total. The monoisotopic (exact) mass is 395 g/mol. The molecule has 0 radical (unpaired) electrons. The van der Waals surface area contributed by atoms with Gasteiger partial charge in [0.25, 0.3) is 5.69 Å². The van der Waals surface area contributed by atoms with E-state index in [0.29, 0.717) is 5.56 Å². The van der Waals surface area contributed by atoms with Crippen molar-refractivity contribution in [2.45, 2.75) is 32.2 Å². The predicted octanol–water partition coefficient (Wildman–Crippen LogP) is 3.68. The fourth-order valence-corrected chi connectivity index (χ4v) is 4.18. The third-order valence-electron chi connectivity index (χ3n) is 4.21. The maximum Gasteiger partial charge on any atom is 0.293 e. The van der Waals surface area contributed by atoms with Crippen LogP contribution in [0.25, 0.3) is 0 Å². The van der Waals surface area contributed by atoms with Gasteiger partial charge in [-0.05, 0) is 36.2 Å². The summed E-state index contributed by atoms with van der Waals surface area (Å²) in [7, 11) is -3.79. The molecule has 0 spiro atoms. The molecule has 0 aliphatic heterocycles. The summed E-state index contributed by atoms with van der Waals surface area (Å²) >= 11 is 0. The third kappa shape index (κ3) is 4.61. The second-order valence-corrected chi connectivity index (χ2v) is 7.90. The molecule has 0 saturated heterocycles. The number of aryl methyl sites for hydroxylation is 1. The fraction of sp³-hybridized carbons (Fsp3) is 0.333. The Morgan fingerprint density at radius 2 is 1.81 bits per heavy atom. The number of halogens is 1. The molecule has 27 heavy (non-hydrogen) atoms. The average Bonchev–Trinajstić information content (AvgIpc) is 2.63. The van der Waals surface area contributed by atoms with Gasteiger partial charge in [0.15, 0.2) is 0 Å². The van der Waals surface area contributed by atoms with Crippen LogP contribution in [0.3, 0.4) is 0 Å². The lowest BCUT2D eigenvalue weighted by atomic mass is 10.1. The third-order valence-corrected chi connectivity index (χ3v) is 6.26.